The highest BCUT2D eigenvalue weighted by atomic mass is 19.3. The van der Waals surface area contributed by atoms with Gasteiger partial charge in [0.25, 0.3) is 6.43 Å². The Morgan fingerprint density at radius 3 is 2.40 bits per heavy atom. The summed E-state index contributed by atoms with van der Waals surface area (Å²) in [5.41, 5.74) is 6.68. The number of benzene rings is 1. The number of aliphatic hydroxyl groups is 1. The average Bonchev–Trinajstić information content (AvgIpc) is 2.16. The molecule has 2 atom stereocenters. The van der Waals surface area contributed by atoms with E-state index in [1.165, 1.54) is 12.1 Å². The summed E-state index contributed by atoms with van der Waals surface area (Å²) >= 11 is 0. The minimum atomic E-state index is -2.52. The van der Waals surface area contributed by atoms with Crippen molar-refractivity contribution in [2.45, 2.75) is 32.4 Å². The zero-order chi connectivity index (χ0) is 11.6. The molecule has 0 aliphatic carbocycles. The summed E-state index contributed by atoms with van der Waals surface area (Å²) in [4.78, 5) is 0. The lowest BCUT2D eigenvalue weighted by molar-refractivity contribution is 0.145. The third kappa shape index (κ3) is 2.73. The highest BCUT2D eigenvalue weighted by Crippen LogP contribution is 2.26. The molecule has 1 rings (SSSR count). The Balaban J connectivity index is 3.10. The van der Waals surface area contributed by atoms with Crippen LogP contribution in [0.3, 0.4) is 0 Å². The first kappa shape index (κ1) is 12.1. The summed E-state index contributed by atoms with van der Waals surface area (Å²) in [7, 11) is 0. The third-order valence-electron chi connectivity index (χ3n) is 2.37. The van der Waals surface area contributed by atoms with Gasteiger partial charge in [0.15, 0.2) is 0 Å². The van der Waals surface area contributed by atoms with Crippen LogP contribution >= 0.6 is 0 Å². The van der Waals surface area contributed by atoms with Crippen molar-refractivity contribution in [3.05, 3.63) is 34.9 Å². The predicted octanol–water partition coefficient (Wildman–Crippen LogP) is 2.31. The molecule has 0 aliphatic heterocycles. The van der Waals surface area contributed by atoms with Crippen LogP contribution in [0.15, 0.2) is 18.2 Å². The number of aryl methyl sites for hydroxylation is 1. The Labute approximate surface area is 87.7 Å². The molecule has 0 saturated carbocycles. The SMILES string of the molecule is Cc1ccc(C(F)F)cc1C(O)C(C)N. The molecule has 0 fully saturated rings. The van der Waals surface area contributed by atoms with Crippen LogP contribution in [0.1, 0.15) is 36.1 Å². The zero-order valence-electron chi connectivity index (χ0n) is 8.74. The van der Waals surface area contributed by atoms with Crippen LogP contribution in [-0.2, 0) is 0 Å². The summed E-state index contributed by atoms with van der Waals surface area (Å²) in [6.45, 7) is 3.40. The van der Waals surface area contributed by atoms with E-state index in [9.17, 15) is 13.9 Å². The van der Waals surface area contributed by atoms with Crippen LogP contribution in [0.25, 0.3) is 0 Å². The Kier molecular flexibility index (Phi) is 3.77. The number of nitrogens with two attached hydrogens (primary N) is 1. The van der Waals surface area contributed by atoms with Crippen LogP contribution < -0.4 is 5.73 Å². The van der Waals surface area contributed by atoms with E-state index in [-0.39, 0.29) is 5.56 Å². The Bertz CT molecular complexity index is 339. The first-order valence-electron chi connectivity index (χ1n) is 4.75. The molecular formula is C11H15F2NO. The predicted molar refractivity (Wildman–Crippen MR) is 54.7 cm³/mol. The summed E-state index contributed by atoms with van der Waals surface area (Å²) in [6, 6.07) is 3.77. The first-order chi connectivity index (χ1) is 6.93. The highest BCUT2D eigenvalue weighted by Gasteiger charge is 2.17. The van der Waals surface area contributed by atoms with E-state index in [0.717, 1.165) is 5.56 Å². The van der Waals surface area contributed by atoms with Gasteiger partial charge in [0.2, 0.25) is 0 Å². The Morgan fingerprint density at radius 1 is 1.33 bits per heavy atom. The molecule has 15 heavy (non-hydrogen) atoms. The molecule has 4 heteroatoms. The number of rotatable bonds is 3. The number of aliphatic hydroxyl groups excluding tert-OH is 1. The van der Waals surface area contributed by atoms with Gasteiger partial charge in [0.05, 0.1) is 6.10 Å². The maximum absolute atomic E-state index is 12.4. The second kappa shape index (κ2) is 4.68. The summed E-state index contributed by atoms with van der Waals surface area (Å²) in [5.74, 6) is 0. The molecule has 2 unspecified atom stereocenters. The second-order valence-corrected chi connectivity index (χ2v) is 3.72. The lowest BCUT2D eigenvalue weighted by atomic mass is 9.97. The van der Waals surface area contributed by atoms with Crippen molar-refractivity contribution in [3.8, 4) is 0 Å². The maximum Gasteiger partial charge on any atom is 0.263 e. The minimum absolute atomic E-state index is 0.0877. The monoisotopic (exact) mass is 215 g/mol. The van der Waals surface area contributed by atoms with E-state index in [1.807, 2.05) is 0 Å². The lowest BCUT2D eigenvalue weighted by Crippen LogP contribution is -2.25. The van der Waals surface area contributed by atoms with Gasteiger partial charge in [-0.15, -0.1) is 0 Å². The molecule has 0 spiro atoms. The molecule has 0 heterocycles. The van der Waals surface area contributed by atoms with E-state index < -0.39 is 18.6 Å². The first-order valence-corrected chi connectivity index (χ1v) is 4.75. The van der Waals surface area contributed by atoms with E-state index in [2.05, 4.69) is 0 Å². The van der Waals surface area contributed by atoms with Crippen molar-refractivity contribution >= 4 is 0 Å². The molecule has 84 valence electrons. The fourth-order valence-electron chi connectivity index (χ4n) is 1.40. The topological polar surface area (TPSA) is 46.2 Å². The summed E-state index contributed by atoms with van der Waals surface area (Å²) in [5, 5.41) is 9.71. The van der Waals surface area contributed by atoms with Gasteiger partial charge in [-0.1, -0.05) is 12.1 Å². The third-order valence-corrected chi connectivity index (χ3v) is 2.37. The van der Waals surface area contributed by atoms with Crippen LogP contribution in [0.2, 0.25) is 0 Å². The van der Waals surface area contributed by atoms with Gasteiger partial charge >= 0.3 is 0 Å². The normalized spacial score (nSPS) is 15.4. The molecule has 1 aromatic rings. The van der Waals surface area contributed by atoms with Crippen molar-refractivity contribution in [1.29, 1.82) is 0 Å². The number of hydrogen-bond acceptors (Lipinski definition) is 2. The van der Waals surface area contributed by atoms with Gasteiger partial charge in [-0.05, 0) is 31.0 Å². The fraction of sp³-hybridized carbons (Fsp3) is 0.455. The molecule has 1 aromatic carbocycles. The highest BCUT2D eigenvalue weighted by molar-refractivity contribution is 5.33. The molecule has 2 nitrogen and oxygen atoms in total. The maximum atomic E-state index is 12.4. The van der Waals surface area contributed by atoms with Gasteiger partial charge in [0.1, 0.15) is 0 Å². The van der Waals surface area contributed by atoms with Gasteiger partial charge < -0.3 is 10.8 Å². The van der Waals surface area contributed by atoms with Crippen molar-refractivity contribution in [3.63, 3.8) is 0 Å². The number of halogens is 2. The van der Waals surface area contributed by atoms with Crippen LogP contribution in [0, 0.1) is 6.92 Å². The van der Waals surface area contributed by atoms with Crippen LogP contribution in [0.4, 0.5) is 8.78 Å². The van der Waals surface area contributed by atoms with Crippen molar-refractivity contribution in [2.75, 3.05) is 0 Å². The second-order valence-electron chi connectivity index (χ2n) is 3.72. The fourth-order valence-corrected chi connectivity index (χ4v) is 1.40. The van der Waals surface area contributed by atoms with Crippen LogP contribution in [0.5, 0.6) is 0 Å². The van der Waals surface area contributed by atoms with E-state index in [0.29, 0.717) is 5.56 Å². The van der Waals surface area contributed by atoms with Gasteiger partial charge in [-0.3, -0.25) is 0 Å². The Morgan fingerprint density at radius 2 is 1.93 bits per heavy atom. The van der Waals surface area contributed by atoms with Crippen LogP contribution in [-0.4, -0.2) is 11.1 Å². The largest absolute Gasteiger partial charge is 0.387 e. The van der Waals surface area contributed by atoms with E-state index >= 15 is 0 Å². The molecule has 0 saturated heterocycles. The van der Waals surface area contributed by atoms with Gasteiger partial charge in [-0.25, -0.2) is 8.78 Å². The minimum Gasteiger partial charge on any atom is -0.387 e. The zero-order valence-corrected chi connectivity index (χ0v) is 8.74. The number of hydrogen-bond donors (Lipinski definition) is 2. The van der Waals surface area contributed by atoms with E-state index in [4.69, 9.17) is 5.73 Å². The molecule has 0 radical (unpaired) electrons. The van der Waals surface area contributed by atoms with Gasteiger partial charge in [0, 0.05) is 11.6 Å². The smallest absolute Gasteiger partial charge is 0.263 e. The summed E-state index contributed by atoms with van der Waals surface area (Å²) < 4.78 is 24.9. The van der Waals surface area contributed by atoms with Crippen molar-refractivity contribution < 1.29 is 13.9 Å². The Hall–Kier alpha value is -1.00. The van der Waals surface area contributed by atoms with Crippen molar-refractivity contribution in [2.24, 2.45) is 5.73 Å². The average molecular weight is 215 g/mol. The van der Waals surface area contributed by atoms with Gasteiger partial charge in [-0.2, -0.15) is 0 Å². The van der Waals surface area contributed by atoms with Crippen molar-refractivity contribution in [1.82, 2.24) is 0 Å². The molecular weight excluding hydrogens is 200 g/mol. The molecule has 0 aromatic heterocycles. The molecule has 0 bridgehead atoms. The lowest BCUT2D eigenvalue weighted by Gasteiger charge is -2.18. The summed E-state index contributed by atoms with van der Waals surface area (Å²) in [6.07, 6.45) is -3.42. The molecule has 0 amide bonds. The molecule has 0 aliphatic rings. The number of alkyl halides is 2. The van der Waals surface area contributed by atoms with E-state index in [1.54, 1.807) is 19.9 Å². The quantitative estimate of drug-likeness (QED) is 0.812. The standard InChI is InChI=1S/C11H15F2NO/c1-6-3-4-8(11(12)13)5-9(6)10(15)7(2)14/h3-5,7,10-11,15H,14H2,1-2H3. The molecule has 3 N–H and O–H groups in total.